The molecule has 0 radical (unpaired) electrons. The number of nitrogens with one attached hydrogen (secondary N) is 1. The zero-order chi connectivity index (χ0) is 87.2. The number of rotatable bonds is 56. The van der Waals surface area contributed by atoms with Crippen LogP contribution in [0.3, 0.4) is 0 Å². The molecule has 14 amide bonds. The van der Waals surface area contributed by atoms with Gasteiger partial charge in [-0.2, -0.15) is 0 Å². The highest BCUT2D eigenvalue weighted by Gasteiger charge is 2.38. The molecule has 14 unspecified atom stereocenters. The molecular formula is C78H147N15O21. The molecule has 36 nitrogen and oxygen atoms in total. The Balaban J connectivity index is 0. The van der Waals surface area contributed by atoms with Crippen LogP contribution in [0.25, 0.3) is 0 Å². The van der Waals surface area contributed by atoms with E-state index in [4.69, 9.17) is 5.73 Å². The van der Waals surface area contributed by atoms with Gasteiger partial charge in [-0.15, -0.1) is 0 Å². The number of hydrogen-bond donors (Lipinski definition) is 9. The average molecular weight is 1630 g/mol. The molecule has 0 aliphatic heterocycles. The standard InChI is InChI=1S/C77H143N15O21.CH4/c1-22-50(8)79-29-65(101)87(51(9)23-2)45-73(109)89(53(11)25-4)47-75(111)91(55(13)27-6)49-77(113)92(56(14)28-7)48-76(112)90(54(12)26-5)46-74(110)88(52(10)24-3)44-72(108)86(36-63(21)99)43-71(107)85(35-62(20)98)42-70(106)84(34-61(19)97)41-69(105)83(33-60(18)96)40-68(104)82(32-59(17)95)39-67(103)81(31-58(16)94)38-66(102)80(30-57(15)93)37-64(78)100;/h50-63,79,93-99H,22-49H2,1-21H3,(H2,78,100);1H4. The van der Waals surface area contributed by atoms with Crippen molar-refractivity contribution in [1.29, 1.82) is 0 Å². The van der Waals surface area contributed by atoms with Crippen LogP contribution in [0.2, 0.25) is 0 Å². The molecular weight excluding hydrogens is 1480 g/mol. The van der Waals surface area contributed by atoms with Gasteiger partial charge in [-0.25, -0.2) is 0 Å². The second kappa shape index (κ2) is 55.0. The van der Waals surface area contributed by atoms with E-state index in [0.717, 1.165) is 40.7 Å². The lowest BCUT2D eigenvalue weighted by atomic mass is 10.1. The van der Waals surface area contributed by atoms with E-state index in [9.17, 15) is 103 Å². The fourth-order valence-corrected chi connectivity index (χ4v) is 12.0. The van der Waals surface area contributed by atoms with Crippen LogP contribution in [0.5, 0.6) is 0 Å². The normalized spacial score (nSPS) is 14.9. The first kappa shape index (κ1) is 108. The summed E-state index contributed by atoms with van der Waals surface area (Å²) in [6, 6.07) is -3.00. The lowest BCUT2D eigenvalue weighted by Crippen LogP contribution is -2.57. The number of primary amides is 1. The quantitative estimate of drug-likeness (QED) is 0.0343. The van der Waals surface area contributed by atoms with Crippen molar-refractivity contribution >= 4 is 82.7 Å². The van der Waals surface area contributed by atoms with Crippen LogP contribution in [0, 0.1) is 0 Å². The summed E-state index contributed by atoms with van der Waals surface area (Å²) in [5.41, 5.74) is 5.32. The summed E-state index contributed by atoms with van der Waals surface area (Å²) in [6.07, 6.45) is -5.60. The van der Waals surface area contributed by atoms with E-state index in [-0.39, 0.29) is 51.5 Å². The van der Waals surface area contributed by atoms with E-state index in [0.29, 0.717) is 32.1 Å². The highest BCUT2D eigenvalue weighted by molar-refractivity contribution is 5.96. The third-order valence-electron chi connectivity index (χ3n) is 19.9. The van der Waals surface area contributed by atoms with Crippen molar-refractivity contribution in [3.8, 4) is 0 Å². The van der Waals surface area contributed by atoms with Crippen LogP contribution >= 0.6 is 0 Å². The van der Waals surface area contributed by atoms with Crippen molar-refractivity contribution < 1.29 is 103 Å². The molecule has 0 aromatic heterocycles. The summed E-state index contributed by atoms with van der Waals surface area (Å²) in [6.45, 7) is 22.6. The van der Waals surface area contributed by atoms with Crippen LogP contribution in [0.15, 0.2) is 0 Å². The van der Waals surface area contributed by atoms with E-state index in [2.05, 4.69) is 5.32 Å². The molecule has 14 atom stereocenters. The number of aliphatic hydroxyl groups excluding tert-OH is 7. The zero-order valence-corrected chi connectivity index (χ0v) is 71.6. The van der Waals surface area contributed by atoms with Crippen molar-refractivity contribution in [1.82, 2.24) is 69.0 Å². The van der Waals surface area contributed by atoms with Crippen molar-refractivity contribution in [2.45, 2.75) is 283 Å². The molecule has 0 aromatic carbocycles. The minimum Gasteiger partial charge on any atom is -0.392 e. The summed E-state index contributed by atoms with van der Waals surface area (Å²) in [5.74, 6) is -10.6. The third-order valence-corrected chi connectivity index (χ3v) is 19.9. The van der Waals surface area contributed by atoms with Gasteiger partial charge in [0.05, 0.1) is 95.1 Å². The molecule has 114 heavy (non-hydrogen) atoms. The highest BCUT2D eigenvalue weighted by atomic mass is 16.3. The van der Waals surface area contributed by atoms with Gasteiger partial charge in [0.25, 0.3) is 0 Å². The lowest BCUT2D eigenvalue weighted by Gasteiger charge is -2.38. The maximum atomic E-state index is 14.9. The first-order valence-corrected chi connectivity index (χ1v) is 40.1. The van der Waals surface area contributed by atoms with Gasteiger partial charge in [-0.1, -0.05) is 55.9 Å². The van der Waals surface area contributed by atoms with E-state index in [1.165, 1.54) is 77.9 Å². The molecule has 660 valence electrons. The smallest absolute Gasteiger partial charge is 0.242 e. The van der Waals surface area contributed by atoms with Crippen LogP contribution < -0.4 is 11.1 Å². The van der Waals surface area contributed by atoms with Crippen molar-refractivity contribution in [2.24, 2.45) is 5.73 Å². The summed E-state index contributed by atoms with van der Waals surface area (Å²) < 4.78 is 0. The molecule has 36 heteroatoms. The summed E-state index contributed by atoms with van der Waals surface area (Å²) >= 11 is 0. The number of hydrogen-bond acceptors (Lipinski definition) is 22. The molecule has 0 heterocycles. The van der Waals surface area contributed by atoms with Gasteiger partial charge in [0, 0.05) is 88.1 Å². The number of amides is 14. The molecule has 10 N–H and O–H groups in total. The van der Waals surface area contributed by atoms with Crippen LogP contribution in [0.4, 0.5) is 0 Å². The second-order valence-corrected chi connectivity index (χ2v) is 30.7. The number of nitrogens with two attached hydrogens (primary N) is 1. The zero-order valence-electron chi connectivity index (χ0n) is 71.6. The largest absolute Gasteiger partial charge is 0.392 e. The fourth-order valence-electron chi connectivity index (χ4n) is 12.0. The predicted molar refractivity (Wildman–Crippen MR) is 430 cm³/mol. The topological polar surface area (TPSA) is 461 Å². The van der Waals surface area contributed by atoms with Gasteiger partial charge in [0.1, 0.15) is 39.3 Å². The SMILES string of the molecule is C.CCC(C)NCC(=O)N(CC(=O)N(CC(=O)N(CC(=O)N(CC(=O)N(CC(=O)N(CC(=O)N(CC(=O)N(CC(=O)N(CC(=O)N(CC(=O)N(CC(=O)N(CC(=O)N(CC(N)=O)CC(C)O)CC(C)O)CC(C)O)CC(C)O)CC(C)O)CC(C)O)CC(C)O)C(C)CC)C(C)CC)C(C)CC)C(C)CC)C(C)CC)C(C)CC. The van der Waals surface area contributed by atoms with E-state index in [1.807, 2.05) is 55.4 Å². The Kier molecular flexibility index (Phi) is 52.2. The molecule has 0 aliphatic rings. The van der Waals surface area contributed by atoms with Crippen molar-refractivity contribution in [3.05, 3.63) is 0 Å². The van der Waals surface area contributed by atoms with E-state index < -0.39 is 268 Å². The monoisotopic (exact) mass is 1630 g/mol. The lowest BCUT2D eigenvalue weighted by molar-refractivity contribution is -0.152. The predicted octanol–water partition coefficient (Wildman–Crippen LogP) is -1.28. The van der Waals surface area contributed by atoms with E-state index in [1.54, 1.807) is 41.5 Å². The fraction of sp³-hybridized carbons (Fsp3) is 0.821. The van der Waals surface area contributed by atoms with Crippen molar-refractivity contribution in [2.75, 3.05) is 137 Å². The van der Waals surface area contributed by atoms with Gasteiger partial charge in [0.2, 0.25) is 82.7 Å². The Morgan fingerprint density at radius 2 is 0.386 bits per heavy atom. The Bertz CT molecular complexity index is 3020. The maximum absolute atomic E-state index is 14.9. The molecule has 0 spiro atoms. The molecule has 0 aliphatic carbocycles. The van der Waals surface area contributed by atoms with Crippen molar-refractivity contribution in [3.63, 3.8) is 0 Å². The Morgan fingerprint density at radius 1 is 0.237 bits per heavy atom. The third kappa shape index (κ3) is 39.7. The number of carbonyl (C=O) groups is 14. The average Bonchev–Trinajstić information content (AvgIpc) is 0.836. The van der Waals surface area contributed by atoms with Gasteiger partial charge in [0.15, 0.2) is 0 Å². The highest BCUT2D eigenvalue weighted by Crippen LogP contribution is 2.18. The van der Waals surface area contributed by atoms with Gasteiger partial charge in [-0.3, -0.25) is 67.1 Å². The molecule has 0 fully saturated rings. The van der Waals surface area contributed by atoms with Gasteiger partial charge >= 0.3 is 0 Å². The Morgan fingerprint density at radius 3 is 0.535 bits per heavy atom. The van der Waals surface area contributed by atoms with Gasteiger partial charge in [-0.05, 0) is 142 Å². The Labute approximate surface area is 677 Å². The molecule has 0 saturated heterocycles. The first-order valence-electron chi connectivity index (χ1n) is 40.1. The number of aliphatic hydroxyl groups is 7. The summed E-state index contributed by atoms with van der Waals surface area (Å²) in [4.78, 5) is 213. The molecule has 0 aromatic rings. The van der Waals surface area contributed by atoms with E-state index >= 15 is 0 Å². The molecule has 0 rings (SSSR count). The molecule has 0 bridgehead atoms. The Hall–Kier alpha value is -7.74. The minimum atomic E-state index is -1.33. The van der Waals surface area contributed by atoms with Crippen LogP contribution in [-0.2, 0) is 67.1 Å². The number of nitrogens with zero attached hydrogens (tertiary/aromatic N) is 13. The summed E-state index contributed by atoms with van der Waals surface area (Å²) in [5, 5.41) is 76.8. The van der Waals surface area contributed by atoms with Gasteiger partial charge < -0.3 is 110 Å². The number of carbonyl (C=O) groups excluding carboxylic acids is 14. The maximum Gasteiger partial charge on any atom is 0.242 e. The summed E-state index contributed by atoms with van der Waals surface area (Å²) in [7, 11) is 0. The van der Waals surface area contributed by atoms with Crippen LogP contribution in [-0.4, -0.2) is 405 Å². The minimum absolute atomic E-state index is 0. The first-order chi connectivity index (χ1) is 52.6. The molecule has 0 saturated carbocycles. The second-order valence-electron chi connectivity index (χ2n) is 30.7. The van der Waals surface area contributed by atoms with Crippen LogP contribution in [0.1, 0.15) is 198 Å².